The molecule has 5 heteroatoms. The van der Waals surface area contributed by atoms with E-state index in [1.807, 2.05) is 12.5 Å². The lowest BCUT2D eigenvalue weighted by Gasteiger charge is -1.97. The fraction of sp³-hybridized carbons (Fsp3) is 0.571. The summed E-state index contributed by atoms with van der Waals surface area (Å²) in [7, 11) is 0. The molecule has 0 unspecified atom stereocenters. The molecule has 1 heterocycles. The third-order valence-corrected chi connectivity index (χ3v) is 3.32. The van der Waals surface area contributed by atoms with Crippen molar-refractivity contribution in [3.8, 4) is 0 Å². The summed E-state index contributed by atoms with van der Waals surface area (Å²) in [4.78, 5) is 5.49. The molecule has 0 aromatic carbocycles. The average Bonchev–Trinajstić information content (AvgIpc) is 2.53. The highest BCUT2D eigenvalue weighted by Crippen LogP contribution is 2.21. The van der Waals surface area contributed by atoms with Gasteiger partial charge in [0.15, 0.2) is 0 Å². The molecule has 0 aliphatic carbocycles. The summed E-state index contributed by atoms with van der Waals surface area (Å²) in [5, 5.41) is 3.22. The molecule has 68 valence electrons. The van der Waals surface area contributed by atoms with Crippen LogP contribution in [0.15, 0.2) is 10.5 Å². The molecule has 0 aliphatic heterocycles. The van der Waals surface area contributed by atoms with Crippen LogP contribution >= 0.6 is 23.1 Å². The molecular formula is C7H13N3S2. The molecular weight excluding hydrogens is 190 g/mol. The summed E-state index contributed by atoms with van der Waals surface area (Å²) in [6.45, 7) is 2.44. The summed E-state index contributed by atoms with van der Waals surface area (Å²) in [5.74, 6) is 0. The normalized spacial score (nSPS) is 10.5. The van der Waals surface area contributed by atoms with E-state index in [0.29, 0.717) is 6.54 Å². The minimum absolute atomic E-state index is 0.689. The molecule has 0 fully saturated rings. The van der Waals surface area contributed by atoms with Gasteiger partial charge in [0, 0.05) is 30.7 Å². The molecule has 3 N–H and O–H groups in total. The maximum atomic E-state index is 5.35. The molecule has 0 bridgehead atoms. The van der Waals surface area contributed by atoms with Gasteiger partial charge in [0.2, 0.25) is 0 Å². The second kappa shape index (κ2) is 5.53. The zero-order chi connectivity index (χ0) is 8.81. The van der Waals surface area contributed by atoms with Crippen molar-refractivity contribution < 1.29 is 0 Å². The highest BCUT2D eigenvalue weighted by molar-refractivity contribution is 8.00. The van der Waals surface area contributed by atoms with E-state index in [1.165, 1.54) is 4.88 Å². The van der Waals surface area contributed by atoms with Crippen molar-refractivity contribution in [1.82, 2.24) is 10.3 Å². The summed E-state index contributed by atoms with van der Waals surface area (Å²) >= 11 is 3.42. The summed E-state index contributed by atoms with van der Waals surface area (Å²) in [5.41, 5.74) is 5.35. The van der Waals surface area contributed by atoms with Crippen LogP contribution in [0.3, 0.4) is 0 Å². The molecule has 12 heavy (non-hydrogen) atoms. The largest absolute Gasteiger partial charge is 0.329 e. The van der Waals surface area contributed by atoms with Gasteiger partial charge in [-0.05, 0) is 6.26 Å². The van der Waals surface area contributed by atoms with Gasteiger partial charge in [0.1, 0.15) is 4.34 Å². The summed E-state index contributed by atoms with van der Waals surface area (Å²) < 4.78 is 1.12. The number of nitrogens with zero attached hydrogens (tertiary/aromatic N) is 1. The molecule has 1 aromatic heterocycles. The van der Waals surface area contributed by atoms with Gasteiger partial charge in [-0.25, -0.2) is 4.98 Å². The number of nitrogens with two attached hydrogens (primary N) is 1. The van der Waals surface area contributed by atoms with Crippen LogP contribution in [0.2, 0.25) is 0 Å². The van der Waals surface area contributed by atoms with Crippen LogP contribution in [-0.2, 0) is 6.54 Å². The van der Waals surface area contributed by atoms with Gasteiger partial charge < -0.3 is 11.1 Å². The van der Waals surface area contributed by atoms with Crippen LogP contribution in [-0.4, -0.2) is 24.3 Å². The summed E-state index contributed by atoms with van der Waals surface area (Å²) in [6.07, 6.45) is 3.95. The molecule has 0 spiro atoms. The Balaban J connectivity index is 2.31. The van der Waals surface area contributed by atoms with Gasteiger partial charge >= 0.3 is 0 Å². The number of hydrogen-bond donors (Lipinski definition) is 2. The van der Waals surface area contributed by atoms with E-state index in [0.717, 1.165) is 17.4 Å². The monoisotopic (exact) mass is 203 g/mol. The van der Waals surface area contributed by atoms with E-state index in [4.69, 9.17) is 5.73 Å². The maximum absolute atomic E-state index is 5.35. The second-order valence-corrected chi connectivity index (χ2v) is 4.43. The van der Waals surface area contributed by atoms with E-state index >= 15 is 0 Å². The Morgan fingerprint density at radius 1 is 1.75 bits per heavy atom. The molecule has 0 amide bonds. The molecule has 0 aliphatic rings. The summed E-state index contributed by atoms with van der Waals surface area (Å²) in [6, 6.07) is 0. The Kier molecular flexibility index (Phi) is 4.60. The van der Waals surface area contributed by atoms with Gasteiger partial charge in [-0.3, -0.25) is 0 Å². The topological polar surface area (TPSA) is 50.9 Å². The average molecular weight is 203 g/mol. The first-order valence-electron chi connectivity index (χ1n) is 3.76. The Morgan fingerprint density at radius 3 is 3.17 bits per heavy atom. The number of hydrogen-bond acceptors (Lipinski definition) is 5. The lowest BCUT2D eigenvalue weighted by atomic mass is 10.5. The first-order chi connectivity index (χ1) is 5.86. The van der Waals surface area contributed by atoms with E-state index in [1.54, 1.807) is 23.1 Å². The zero-order valence-corrected chi connectivity index (χ0v) is 8.67. The minimum atomic E-state index is 0.689. The van der Waals surface area contributed by atoms with Crippen molar-refractivity contribution in [2.45, 2.75) is 10.9 Å². The van der Waals surface area contributed by atoms with Gasteiger partial charge in [-0.1, -0.05) is 11.8 Å². The van der Waals surface area contributed by atoms with Crippen LogP contribution < -0.4 is 11.1 Å². The van der Waals surface area contributed by atoms with Crippen LogP contribution in [0.4, 0.5) is 0 Å². The van der Waals surface area contributed by atoms with Gasteiger partial charge in [-0.15, -0.1) is 11.3 Å². The standard InChI is InChI=1S/C7H13N3S2/c1-11-7-10-5-6(12-7)4-9-3-2-8/h5,9H,2-4,8H2,1H3. The minimum Gasteiger partial charge on any atom is -0.329 e. The number of thioether (sulfide) groups is 1. The van der Waals surface area contributed by atoms with Crippen molar-refractivity contribution in [2.75, 3.05) is 19.3 Å². The molecule has 0 atom stereocenters. The molecule has 1 aromatic rings. The Morgan fingerprint density at radius 2 is 2.58 bits per heavy atom. The Labute approximate surface area is 80.8 Å². The predicted molar refractivity (Wildman–Crippen MR) is 54.7 cm³/mol. The van der Waals surface area contributed by atoms with Crippen molar-refractivity contribution in [3.63, 3.8) is 0 Å². The highest BCUT2D eigenvalue weighted by Gasteiger charge is 1.98. The van der Waals surface area contributed by atoms with Crippen molar-refractivity contribution in [1.29, 1.82) is 0 Å². The van der Waals surface area contributed by atoms with Crippen LogP contribution in [0.1, 0.15) is 4.88 Å². The zero-order valence-electron chi connectivity index (χ0n) is 7.04. The lowest BCUT2D eigenvalue weighted by Crippen LogP contribution is -2.21. The second-order valence-electron chi connectivity index (χ2n) is 2.26. The van der Waals surface area contributed by atoms with E-state index in [-0.39, 0.29) is 0 Å². The fourth-order valence-corrected chi connectivity index (χ4v) is 2.20. The van der Waals surface area contributed by atoms with Crippen molar-refractivity contribution >= 4 is 23.1 Å². The fourth-order valence-electron chi connectivity index (χ4n) is 0.779. The quantitative estimate of drug-likeness (QED) is 0.552. The SMILES string of the molecule is CSc1ncc(CNCCN)s1. The number of rotatable bonds is 5. The van der Waals surface area contributed by atoms with Gasteiger partial charge in [0.05, 0.1) is 0 Å². The first kappa shape index (κ1) is 9.98. The molecule has 1 rings (SSSR count). The molecule has 0 radical (unpaired) electrons. The van der Waals surface area contributed by atoms with Crippen LogP contribution in [0.5, 0.6) is 0 Å². The first-order valence-corrected chi connectivity index (χ1v) is 5.80. The van der Waals surface area contributed by atoms with E-state index in [2.05, 4.69) is 10.3 Å². The highest BCUT2D eigenvalue weighted by atomic mass is 32.2. The molecule has 0 saturated carbocycles. The van der Waals surface area contributed by atoms with Crippen LogP contribution in [0.25, 0.3) is 0 Å². The number of aromatic nitrogens is 1. The smallest absolute Gasteiger partial charge is 0.149 e. The van der Waals surface area contributed by atoms with E-state index in [9.17, 15) is 0 Å². The number of nitrogens with one attached hydrogen (secondary N) is 1. The number of thiazole rings is 1. The van der Waals surface area contributed by atoms with Gasteiger partial charge in [-0.2, -0.15) is 0 Å². The lowest BCUT2D eigenvalue weighted by molar-refractivity contribution is 0.701. The van der Waals surface area contributed by atoms with Crippen molar-refractivity contribution in [3.05, 3.63) is 11.1 Å². The Hall–Kier alpha value is -0.100. The van der Waals surface area contributed by atoms with Gasteiger partial charge in [0.25, 0.3) is 0 Å². The van der Waals surface area contributed by atoms with E-state index < -0.39 is 0 Å². The Bertz CT molecular complexity index is 224. The molecule has 0 saturated heterocycles. The van der Waals surface area contributed by atoms with Crippen molar-refractivity contribution in [2.24, 2.45) is 5.73 Å². The third kappa shape index (κ3) is 3.10. The predicted octanol–water partition coefficient (Wildman–Crippen LogP) is 0.913. The maximum Gasteiger partial charge on any atom is 0.149 e. The van der Waals surface area contributed by atoms with Crippen LogP contribution in [0, 0.1) is 0 Å². The third-order valence-electron chi connectivity index (χ3n) is 1.33. The molecule has 3 nitrogen and oxygen atoms in total.